The number of anilines is 1. The maximum Gasteiger partial charge on any atom is 0.288 e. The fourth-order valence-corrected chi connectivity index (χ4v) is 2.27. The summed E-state index contributed by atoms with van der Waals surface area (Å²) < 4.78 is 10.4. The molecule has 0 atom stereocenters. The van der Waals surface area contributed by atoms with Crippen LogP contribution in [0.1, 0.15) is 17.3 Å². The summed E-state index contributed by atoms with van der Waals surface area (Å²) in [7, 11) is 0. The quantitative estimate of drug-likeness (QED) is 0.327. The third-order valence-corrected chi connectivity index (χ3v) is 3.74. The molecule has 132 valence electrons. The minimum Gasteiger partial charge on any atom is -0.468 e. The first kappa shape index (κ1) is 19.0. The molecule has 0 spiro atoms. The molecule has 0 saturated carbocycles. The molecular weight excluding hydrogens is 371 g/mol. The van der Waals surface area contributed by atoms with Gasteiger partial charge in [0.25, 0.3) is 11.6 Å². The Morgan fingerprint density at radius 2 is 1.96 bits per heavy atom. The number of amides is 1. The van der Waals surface area contributed by atoms with Crippen molar-refractivity contribution in [3.63, 3.8) is 0 Å². The average Bonchev–Trinajstić information content (AvgIpc) is 2.57. The Labute approximate surface area is 153 Å². The second-order valence-electron chi connectivity index (χ2n) is 4.77. The van der Waals surface area contributed by atoms with Crippen LogP contribution in [0, 0.1) is 10.1 Å². The van der Waals surface area contributed by atoms with Crippen molar-refractivity contribution in [3.8, 4) is 5.75 Å². The predicted octanol–water partition coefficient (Wildman–Crippen LogP) is 4.53. The zero-order chi connectivity index (χ0) is 18.4. The van der Waals surface area contributed by atoms with Crippen molar-refractivity contribution in [1.82, 2.24) is 0 Å². The number of nitro benzene ring substituents is 1. The Hall–Kier alpha value is -2.35. The van der Waals surface area contributed by atoms with Crippen LogP contribution in [0.3, 0.4) is 0 Å². The Kier molecular flexibility index (Phi) is 6.58. The van der Waals surface area contributed by atoms with E-state index in [1.165, 1.54) is 18.2 Å². The van der Waals surface area contributed by atoms with E-state index in [4.69, 9.17) is 32.7 Å². The number of hydrogen-bond donors (Lipinski definition) is 1. The molecule has 0 aromatic heterocycles. The van der Waals surface area contributed by atoms with Gasteiger partial charge in [-0.15, -0.1) is 0 Å². The summed E-state index contributed by atoms with van der Waals surface area (Å²) in [6, 6.07) is 8.49. The summed E-state index contributed by atoms with van der Waals surface area (Å²) in [5.41, 5.74) is 0.0805. The molecule has 0 aliphatic heterocycles. The number of nitrogens with one attached hydrogen (secondary N) is 1. The van der Waals surface area contributed by atoms with E-state index in [0.717, 1.165) is 6.07 Å². The highest BCUT2D eigenvalue weighted by Gasteiger charge is 2.17. The van der Waals surface area contributed by atoms with E-state index in [-0.39, 0.29) is 28.1 Å². The van der Waals surface area contributed by atoms with Crippen LogP contribution in [0.5, 0.6) is 5.75 Å². The molecule has 25 heavy (non-hydrogen) atoms. The number of hydrogen-bond acceptors (Lipinski definition) is 5. The van der Waals surface area contributed by atoms with Crippen molar-refractivity contribution < 1.29 is 19.2 Å². The number of nitrogens with zero attached hydrogens (tertiary/aromatic N) is 1. The molecule has 2 rings (SSSR count). The second-order valence-corrected chi connectivity index (χ2v) is 5.59. The molecule has 0 radical (unpaired) electrons. The molecule has 9 heteroatoms. The maximum atomic E-state index is 12.3. The first-order valence-electron chi connectivity index (χ1n) is 7.17. The largest absolute Gasteiger partial charge is 0.468 e. The van der Waals surface area contributed by atoms with Gasteiger partial charge in [0.2, 0.25) is 0 Å². The van der Waals surface area contributed by atoms with Gasteiger partial charge in [-0.25, -0.2) is 0 Å². The Bertz CT molecular complexity index is 798. The van der Waals surface area contributed by atoms with Gasteiger partial charge in [-0.3, -0.25) is 14.9 Å². The van der Waals surface area contributed by atoms with Gasteiger partial charge in [-0.1, -0.05) is 23.2 Å². The monoisotopic (exact) mass is 384 g/mol. The Balaban J connectivity index is 2.12. The predicted molar refractivity (Wildman–Crippen MR) is 94.6 cm³/mol. The summed E-state index contributed by atoms with van der Waals surface area (Å²) in [6.07, 6.45) is 0. The average molecular weight is 385 g/mol. The normalized spacial score (nSPS) is 10.4. The van der Waals surface area contributed by atoms with Gasteiger partial charge in [0.15, 0.2) is 6.79 Å². The highest BCUT2D eigenvalue weighted by molar-refractivity contribution is 6.34. The lowest BCUT2D eigenvalue weighted by Crippen LogP contribution is -2.12. The van der Waals surface area contributed by atoms with E-state index in [0.29, 0.717) is 18.0 Å². The van der Waals surface area contributed by atoms with Gasteiger partial charge < -0.3 is 14.8 Å². The molecule has 0 fully saturated rings. The van der Waals surface area contributed by atoms with Gasteiger partial charge in [0, 0.05) is 24.3 Å². The number of rotatable bonds is 7. The van der Waals surface area contributed by atoms with E-state index in [2.05, 4.69) is 5.32 Å². The smallest absolute Gasteiger partial charge is 0.288 e. The second kappa shape index (κ2) is 8.66. The highest BCUT2D eigenvalue weighted by Crippen LogP contribution is 2.29. The summed E-state index contributed by atoms with van der Waals surface area (Å²) in [4.78, 5) is 22.5. The van der Waals surface area contributed by atoms with Gasteiger partial charge in [-0.05, 0) is 31.2 Å². The third kappa shape index (κ3) is 5.06. The van der Waals surface area contributed by atoms with Crippen LogP contribution in [0.15, 0.2) is 36.4 Å². The van der Waals surface area contributed by atoms with Crippen LogP contribution in [0.2, 0.25) is 10.0 Å². The van der Waals surface area contributed by atoms with Crippen LogP contribution in [0.4, 0.5) is 11.4 Å². The third-order valence-electron chi connectivity index (χ3n) is 3.11. The SMILES string of the molecule is CCOCOc1ccc(NC(=O)c2ccc(Cl)c([N+](=O)[O-])c2)c(Cl)c1. The number of halogens is 2. The van der Waals surface area contributed by atoms with E-state index >= 15 is 0 Å². The molecule has 0 bridgehead atoms. The number of ether oxygens (including phenoxy) is 2. The van der Waals surface area contributed by atoms with Gasteiger partial charge in [0.05, 0.1) is 15.6 Å². The topological polar surface area (TPSA) is 90.7 Å². The van der Waals surface area contributed by atoms with Gasteiger partial charge in [0.1, 0.15) is 10.8 Å². The van der Waals surface area contributed by atoms with E-state index in [9.17, 15) is 14.9 Å². The summed E-state index contributed by atoms with van der Waals surface area (Å²) in [5.74, 6) is -0.0665. The number of carbonyl (C=O) groups is 1. The van der Waals surface area contributed by atoms with Crippen molar-refractivity contribution in [2.24, 2.45) is 0 Å². The van der Waals surface area contributed by atoms with E-state index < -0.39 is 10.8 Å². The first-order valence-corrected chi connectivity index (χ1v) is 7.93. The summed E-state index contributed by atoms with van der Waals surface area (Å²) >= 11 is 11.8. The molecule has 0 aliphatic rings. The van der Waals surface area contributed by atoms with Gasteiger partial charge in [-0.2, -0.15) is 0 Å². The van der Waals surface area contributed by atoms with Crippen LogP contribution in [0.25, 0.3) is 0 Å². The first-order chi connectivity index (χ1) is 11.9. The maximum absolute atomic E-state index is 12.3. The number of benzene rings is 2. The standard InChI is InChI=1S/C16H14Cl2N2O5/c1-2-24-9-25-11-4-6-14(13(18)8-11)19-16(21)10-3-5-12(17)15(7-10)20(22)23/h3-8H,2,9H2,1H3,(H,19,21). The lowest BCUT2D eigenvalue weighted by molar-refractivity contribution is -0.384. The molecule has 7 nitrogen and oxygen atoms in total. The van der Waals surface area contributed by atoms with E-state index in [1.54, 1.807) is 12.1 Å². The lowest BCUT2D eigenvalue weighted by Gasteiger charge is -2.10. The van der Waals surface area contributed by atoms with Crippen molar-refractivity contribution >= 4 is 40.5 Å². The number of carbonyl (C=O) groups excluding carboxylic acids is 1. The van der Waals surface area contributed by atoms with Crippen molar-refractivity contribution in [3.05, 3.63) is 62.1 Å². The lowest BCUT2D eigenvalue weighted by atomic mass is 10.2. The highest BCUT2D eigenvalue weighted by atomic mass is 35.5. The summed E-state index contributed by atoms with van der Waals surface area (Å²) in [5, 5.41) is 13.7. The fourth-order valence-electron chi connectivity index (χ4n) is 1.87. The zero-order valence-corrected chi connectivity index (χ0v) is 14.6. The fraction of sp³-hybridized carbons (Fsp3) is 0.188. The van der Waals surface area contributed by atoms with E-state index in [1.807, 2.05) is 6.92 Å². The minimum atomic E-state index is -0.656. The summed E-state index contributed by atoms with van der Waals surface area (Å²) in [6.45, 7) is 2.46. The molecule has 1 N–H and O–H groups in total. The molecule has 0 heterocycles. The molecule has 1 amide bonds. The zero-order valence-electron chi connectivity index (χ0n) is 13.1. The molecular formula is C16H14Cl2N2O5. The molecule has 0 aliphatic carbocycles. The van der Waals surface area contributed by atoms with Crippen LogP contribution in [-0.4, -0.2) is 24.2 Å². The molecule has 0 saturated heterocycles. The van der Waals surface area contributed by atoms with Crippen molar-refractivity contribution in [2.75, 3.05) is 18.7 Å². The van der Waals surface area contributed by atoms with Crippen LogP contribution in [-0.2, 0) is 4.74 Å². The molecule has 2 aromatic rings. The molecule has 0 unspecified atom stereocenters. The molecule has 2 aromatic carbocycles. The number of nitro groups is 1. The van der Waals surface area contributed by atoms with Crippen LogP contribution >= 0.6 is 23.2 Å². The van der Waals surface area contributed by atoms with Crippen molar-refractivity contribution in [1.29, 1.82) is 0 Å². The van der Waals surface area contributed by atoms with Crippen molar-refractivity contribution in [2.45, 2.75) is 6.92 Å². The van der Waals surface area contributed by atoms with Gasteiger partial charge >= 0.3 is 0 Å². The minimum absolute atomic E-state index is 0.0459. The Morgan fingerprint density at radius 1 is 1.20 bits per heavy atom. The van der Waals surface area contributed by atoms with Crippen LogP contribution < -0.4 is 10.1 Å². The Morgan fingerprint density at radius 3 is 2.60 bits per heavy atom.